The predicted octanol–water partition coefficient (Wildman–Crippen LogP) is 8.13. The van der Waals surface area contributed by atoms with Crippen molar-refractivity contribution in [3.05, 3.63) is 72.7 Å². The zero-order valence-corrected chi connectivity index (χ0v) is 23.6. The Bertz CT molecular complexity index is 1130. The molecule has 2 aromatic heterocycles. The molecular weight excluding hydrogens is 462 g/mol. The van der Waals surface area contributed by atoms with Gasteiger partial charge in [0, 0.05) is 12.0 Å². The minimum Gasteiger partial charge on any atom is -0.400 e. The molecule has 2 aromatic carbocycles. The van der Waals surface area contributed by atoms with Gasteiger partial charge >= 0.3 is 5.65 Å². The van der Waals surface area contributed by atoms with E-state index in [9.17, 15) is 0 Å². The highest BCUT2D eigenvalue weighted by molar-refractivity contribution is 7.98. The fourth-order valence-corrected chi connectivity index (χ4v) is 4.54. The number of hydrogen-bond acceptors (Lipinski definition) is 3. The van der Waals surface area contributed by atoms with Gasteiger partial charge in [-0.25, -0.2) is 5.10 Å². The first-order valence-electron chi connectivity index (χ1n) is 13.3. The molecule has 0 saturated heterocycles. The Morgan fingerprint density at radius 2 is 1.53 bits per heavy atom. The first kappa shape index (κ1) is 29.6. The van der Waals surface area contributed by atoms with Gasteiger partial charge < -0.3 is 5.11 Å². The van der Waals surface area contributed by atoms with Crippen molar-refractivity contribution >= 4 is 17.4 Å². The Kier molecular flexibility index (Phi) is 13.9. The van der Waals surface area contributed by atoms with Crippen LogP contribution in [0.2, 0.25) is 0 Å². The maximum absolute atomic E-state index is 7.00. The second-order valence-electron chi connectivity index (χ2n) is 8.82. The van der Waals surface area contributed by atoms with Crippen molar-refractivity contribution in [2.24, 2.45) is 0 Å². The van der Waals surface area contributed by atoms with Crippen molar-refractivity contribution in [3.63, 3.8) is 0 Å². The lowest BCUT2D eigenvalue weighted by atomic mass is 10.0. The molecule has 194 valence electrons. The summed E-state index contributed by atoms with van der Waals surface area (Å²) in [7, 11) is 1.00. The number of hydrogen-bond donors (Lipinski definition) is 2. The third-order valence-corrected chi connectivity index (χ3v) is 6.80. The molecule has 0 bridgehead atoms. The summed E-state index contributed by atoms with van der Waals surface area (Å²) < 4.78 is 2.00. The van der Waals surface area contributed by atoms with E-state index in [0.717, 1.165) is 30.3 Å². The number of benzene rings is 2. The molecule has 0 spiro atoms. The summed E-state index contributed by atoms with van der Waals surface area (Å²) in [5, 5.41) is 10.3. The Labute approximate surface area is 222 Å². The standard InChI is InChI=1S/C22H21N3S.C8H18.CH4O/c1-3-5-16-8-10-17(11-9-16)19-13-23-22-21(14-24-25(22)15-19)18-6-4-7-20(12-18)26-2;1-3-5-7-8-6-4-2;1-2/h4,6-15H,3,5H2,1-2H3;3-8H2,1-2H3;2H,1H3/p+1. The minimum absolute atomic E-state index is 0.939. The van der Waals surface area contributed by atoms with E-state index in [2.05, 4.69) is 86.9 Å². The lowest BCUT2D eigenvalue weighted by Gasteiger charge is -2.02. The number of H-pyrrole nitrogens is 1. The molecule has 5 heteroatoms. The van der Waals surface area contributed by atoms with Gasteiger partial charge in [0.05, 0.1) is 17.3 Å². The maximum atomic E-state index is 7.00. The van der Waals surface area contributed by atoms with E-state index < -0.39 is 0 Å². The largest absolute Gasteiger partial charge is 0.400 e. The maximum Gasteiger partial charge on any atom is 0.355 e. The van der Waals surface area contributed by atoms with Crippen molar-refractivity contribution < 1.29 is 9.62 Å². The van der Waals surface area contributed by atoms with Gasteiger partial charge in [-0.05, 0) is 46.5 Å². The highest BCUT2D eigenvalue weighted by atomic mass is 32.2. The quantitative estimate of drug-likeness (QED) is 0.130. The number of nitrogens with zero attached hydrogens (tertiary/aromatic N) is 2. The van der Waals surface area contributed by atoms with E-state index in [1.807, 2.05) is 16.9 Å². The van der Waals surface area contributed by atoms with Crippen LogP contribution in [-0.2, 0) is 6.42 Å². The highest BCUT2D eigenvalue weighted by Gasteiger charge is 2.16. The zero-order valence-electron chi connectivity index (χ0n) is 22.8. The van der Waals surface area contributed by atoms with Gasteiger partial charge in [0.2, 0.25) is 0 Å². The van der Waals surface area contributed by atoms with Gasteiger partial charge in [0.25, 0.3) is 0 Å². The Balaban J connectivity index is 0.000000392. The number of aryl methyl sites for hydroxylation is 1. The molecule has 2 N–H and O–H groups in total. The lowest BCUT2D eigenvalue weighted by molar-refractivity contribution is -0.578. The molecule has 0 aliphatic carbocycles. The monoisotopic (exact) mass is 506 g/mol. The van der Waals surface area contributed by atoms with Crippen LogP contribution in [0.25, 0.3) is 27.9 Å². The molecule has 0 unspecified atom stereocenters. The third kappa shape index (κ3) is 8.79. The van der Waals surface area contributed by atoms with Gasteiger partial charge in [-0.3, -0.25) is 0 Å². The van der Waals surface area contributed by atoms with Crippen LogP contribution in [0.4, 0.5) is 0 Å². The number of unbranched alkanes of at least 4 members (excludes halogenated alkanes) is 5. The van der Waals surface area contributed by atoms with Crippen LogP contribution in [0, 0.1) is 0 Å². The van der Waals surface area contributed by atoms with Crippen LogP contribution in [-0.4, -0.2) is 28.6 Å². The van der Waals surface area contributed by atoms with E-state index in [1.54, 1.807) is 11.8 Å². The predicted molar refractivity (Wildman–Crippen MR) is 156 cm³/mol. The molecule has 0 aliphatic heterocycles. The topological polar surface area (TPSA) is 53.0 Å². The van der Waals surface area contributed by atoms with Gasteiger partial charge in [0.15, 0.2) is 6.20 Å². The second-order valence-corrected chi connectivity index (χ2v) is 9.70. The smallest absolute Gasteiger partial charge is 0.355 e. The Morgan fingerprint density at radius 1 is 0.833 bits per heavy atom. The molecule has 0 fully saturated rings. The molecule has 36 heavy (non-hydrogen) atoms. The van der Waals surface area contributed by atoms with Crippen LogP contribution >= 0.6 is 11.8 Å². The minimum atomic E-state index is 0.939. The molecule has 4 nitrogen and oxygen atoms in total. The average molecular weight is 507 g/mol. The Morgan fingerprint density at radius 3 is 2.14 bits per heavy atom. The van der Waals surface area contributed by atoms with Crippen molar-refractivity contribution in [1.29, 1.82) is 0 Å². The molecule has 0 atom stereocenters. The summed E-state index contributed by atoms with van der Waals surface area (Å²) in [5.41, 5.74) is 6.91. The average Bonchev–Trinajstić information content (AvgIpc) is 3.37. The van der Waals surface area contributed by atoms with E-state index in [1.165, 1.54) is 66.5 Å². The van der Waals surface area contributed by atoms with Crippen molar-refractivity contribution in [3.8, 4) is 22.3 Å². The summed E-state index contributed by atoms with van der Waals surface area (Å²) in [6, 6.07) is 17.3. The summed E-state index contributed by atoms with van der Waals surface area (Å²) >= 11 is 1.75. The number of aromatic amines is 1. The molecule has 0 amide bonds. The van der Waals surface area contributed by atoms with E-state index in [4.69, 9.17) is 10.1 Å². The van der Waals surface area contributed by atoms with Crippen LogP contribution < -0.4 is 4.52 Å². The first-order chi connectivity index (χ1) is 17.7. The molecule has 0 aliphatic rings. The van der Waals surface area contributed by atoms with Gasteiger partial charge in [-0.1, -0.05) is 102 Å². The fraction of sp³-hybridized carbons (Fsp3) is 0.419. The zero-order chi connectivity index (χ0) is 26.2. The highest BCUT2D eigenvalue weighted by Crippen LogP contribution is 2.26. The first-order valence-corrected chi connectivity index (χ1v) is 14.5. The second kappa shape index (κ2) is 16.9. The van der Waals surface area contributed by atoms with Gasteiger partial charge in [-0.15, -0.1) is 16.3 Å². The van der Waals surface area contributed by atoms with Crippen LogP contribution in [0.5, 0.6) is 0 Å². The van der Waals surface area contributed by atoms with Gasteiger partial charge in [0.1, 0.15) is 6.20 Å². The number of rotatable bonds is 10. The summed E-state index contributed by atoms with van der Waals surface area (Å²) in [6.07, 6.45) is 19.0. The number of thioether (sulfide) groups is 1. The SMILES string of the molecule is CCCCCCCC.CCCc1ccc(-c2cnc3c(-c4cccc(SC)c4)c[nH][n+]3c2)cc1.CO. The van der Waals surface area contributed by atoms with Crippen LogP contribution in [0.1, 0.15) is 71.3 Å². The summed E-state index contributed by atoms with van der Waals surface area (Å²) in [5.74, 6) is 0. The number of aromatic nitrogens is 3. The molecule has 4 rings (SSSR count). The van der Waals surface area contributed by atoms with E-state index >= 15 is 0 Å². The number of nitrogens with one attached hydrogen (secondary N) is 1. The summed E-state index contributed by atoms with van der Waals surface area (Å²) in [6.45, 7) is 6.72. The number of aliphatic hydroxyl groups is 1. The lowest BCUT2D eigenvalue weighted by Crippen LogP contribution is -2.23. The summed E-state index contributed by atoms with van der Waals surface area (Å²) in [4.78, 5) is 5.99. The van der Waals surface area contributed by atoms with Crippen molar-refractivity contribution in [2.75, 3.05) is 13.4 Å². The van der Waals surface area contributed by atoms with Gasteiger partial charge in [-0.2, -0.15) is 0 Å². The van der Waals surface area contributed by atoms with Crippen molar-refractivity contribution in [1.82, 2.24) is 10.1 Å². The van der Waals surface area contributed by atoms with Crippen molar-refractivity contribution in [2.45, 2.75) is 77.0 Å². The molecule has 4 aromatic rings. The number of fused-ring (bicyclic) bond motifs is 1. The molecule has 2 heterocycles. The molecule has 0 saturated carbocycles. The third-order valence-electron chi connectivity index (χ3n) is 6.07. The Hall–Kier alpha value is -2.63. The van der Waals surface area contributed by atoms with E-state index in [0.29, 0.717) is 0 Å². The fourth-order valence-electron chi connectivity index (χ4n) is 4.08. The normalized spacial score (nSPS) is 10.4. The molecule has 0 radical (unpaired) electrons. The molecular formula is C31H44N3OS+. The number of aliphatic hydroxyl groups excluding tert-OH is 1. The van der Waals surface area contributed by atoms with Crippen LogP contribution in [0.15, 0.2) is 72.0 Å². The van der Waals surface area contributed by atoms with E-state index in [-0.39, 0.29) is 0 Å². The van der Waals surface area contributed by atoms with Crippen LogP contribution in [0.3, 0.4) is 0 Å².